The lowest BCUT2D eigenvalue weighted by Gasteiger charge is -2.40. The topological polar surface area (TPSA) is 288 Å². The fourth-order valence-electron chi connectivity index (χ4n) is 9.95. The monoisotopic (exact) mass is 1200 g/mol. The minimum atomic E-state index is -1.23. The van der Waals surface area contributed by atoms with E-state index in [9.17, 15) is 53.1 Å². The molecule has 0 aromatic rings. The summed E-state index contributed by atoms with van der Waals surface area (Å²) in [6.07, 6.45) is 7.08. The number of rotatable bonds is 36. The van der Waals surface area contributed by atoms with Gasteiger partial charge in [-0.05, 0) is 108 Å². The van der Waals surface area contributed by atoms with E-state index >= 15 is 4.79 Å². The number of nitrogens with one attached hydrogen (secondary N) is 5. The number of amides is 10. The third-order valence-electron chi connectivity index (χ3n) is 15.0. The van der Waals surface area contributed by atoms with Gasteiger partial charge < -0.3 is 61.1 Å². The Bertz CT molecular complexity index is 2320. The first-order valence-corrected chi connectivity index (χ1v) is 30.3. The second-order valence-electron chi connectivity index (χ2n) is 25.3. The van der Waals surface area contributed by atoms with Gasteiger partial charge in [0.1, 0.15) is 60.6 Å². The second kappa shape index (κ2) is 37.2. The Hall–Kier alpha value is -6.39. The molecule has 0 saturated carbocycles. The van der Waals surface area contributed by atoms with Crippen LogP contribution in [0.2, 0.25) is 0 Å². The summed E-state index contributed by atoms with van der Waals surface area (Å²) in [5.74, 6) is -8.45. The molecule has 0 aliphatic carbocycles. The van der Waals surface area contributed by atoms with Crippen LogP contribution in [0.3, 0.4) is 0 Å². The lowest BCUT2D eigenvalue weighted by Crippen LogP contribution is -2.61. The molecule has 0 aromatic heterocycles. The van der Waals surface area contributed by atoms with Gasteiger partial charge in [0, 0.05) is 42.3 Å². The second-order valence-corrected chi connectivity index (χ2v) is 25.3. The van der Waals surface area contributed by atoms with Gasteiger partial charge in [0.15, 0.2) is 0 Å². The maximum atomic E-state index is 15.0. The zero-order valence-corrected chi connectivity index (χ0v) is 56.0. The quantitative estimate of drug-likeness (QED) is 0.0378. The lowest BCUT2D eigenvalue weighted by atomic mass is 9.95. The molecule has 0 spiro atoms. The highest BCUT2D eigenvalue weighted by atomic mass is 16.4. The molecule has 0 aromatic carbocycles. The minimum Gasteiger partial charge on any atom is -0.480 e. The standard InChI is InChI=1S/C62H111N11O12/c1-25-27-28-41(15)33-47(56(79)66-44(26-2)58(81)68(19)34-50(74)75)70(21)62(85)52(40(13)14)73(24)60(83)49(32-38(9)10)72(23)59(82)48(31-37(7)8)71(22)57(80)43(17)65-53(76)42(16)64-55(78)46(30-36(5)6)69(20)61(84)51(39(11)12)67-54(77)45(63-18)29-35(3)4/h25,27,33,35-46,48-49,51-52,63H,26,28-32,34H2,1-24H3,(H,64,78)(H,65,76)(H,66,79)(H,67,77)(H,74,75)/b27-25+,47-33+/t41-,42+,43-,44+,45+,46+,48+,49+,51+,52+/m1/s1. The molecular formula is C62H111N11O12. The van der Waals surface area contributed by atoms with Gasteiger partial charge in [0.2, 0.25) is 53.2 Å². The molecule has 0 unspecified atom stereocenters. The number of carbonyl (C=O) groups is 11. The van der Waals surface area contributed by atoms with E-state index in [1.54, 1.807) is 47.7 Å². The third kappa shape index (κ3) is 24.9. The summed E-state index contributed by atoms with van der Waals surface area (Å²) >= 11 is 0. The van der Waals surface area contributed by atoms with Gasteiger partial charge in [-0.1, -0.05) is 115 Å². The van der Waals surface area contributed by atoms with Crippen molar-refractivity contribution in [1.82, 2.24) is 56.0 Å². The predicted octanol–water partition coefficient (Wildman–Crippen LogP) is 4.26. The molecule has 0 heterocycles. The number of aliphatic carboxylic acids is 1. The maximum Gasteiger partial charge on any atom is 0.323 e. The van der Waals surface area contributed by atoms with Crippen molar-refractivity contribution in [3.05, 3.63) is 23.9 Å². The van der Waals surface area contributed by atoms with Crippen LogP contribution in [0.5, 0.6) is 0 Å². The maximum absolute atomic E-state index is 15.0. The van der Waals surface area contributed by atoms with E-state index in [4.69, 9.17) is 0 Å². The minimum absolute atomic E-state index is 0.0579. The van der Waals surface area contributed by atoms with Gasteiger partial charge in [-0.25, -0.2) is 0 Å². The summed E-state index contributed by atoms with van der Waals surface area (Å²) in [6.45, 7) is 30.0. The Labute approximate surface area is 509 Å². The average molecular weight is 1200 g/mol. The van der Waals surface area contributed by atoms with Crippen molar-refractivity contribution in [2.45, 2.75) is 211 Å². The number of likely N-dealkylation sites (N-methyl/N-ethyl adjacent to an activating group) is 7. The highest BCUT2D eigenvalue weighted by Crippen LogP contribution is 2.24. The SMILES string of the molecule is C/C=C/C[C@@H](C)/C=C(\C(=O)N[C@@H](CC)C(=O)N(C)CC(=O)O)N(C)C(=O)[C@H](C(C)C)N(C)C(=O)[C@H](CC(C)C)N(C)C(=O)[C@H](CC(C)C)N(C)C(=O)[C@@H](C)NC(=O)[C@H](C)NC(=O)[C@H](CC(C)C)N(C)C(=O)[C@@H](NC(=O)[C@H](CC(C)C)NC)C(C)C. The number of hydrogen-bond donors (Lipinski definition) is 6. The first kappa shape index (κ1) is 78.6. The average Bonchev–Trinajstić information content (AvgIpc) is 3.51. The summed E-state index contributed by atoms with van der Waals surface area (Å²) in [4.78, 5) is 161. The molecule has 0 aliphatic heterocycles. The highest BCUT2D eigenvalue weighted by molar-refractivity contribution is 6.02. The summed E-state index contributed by atoms with van der Waals surface area (Å²) in [5, 5.41) is 23.3. The molecular weight excluding hydrogens is 1090 g/mol. The van der Waals surface area contributed by atoms with E-state index < -0.39 is 126 Å². The third-order valence-corrected chi connectivity index (χ3v) is 15.0. The molecule has 10 atom stereocenters. The number of allylic oxidation sites excluding steroid dienone is 3. The van der Waals surface area contributed by atoms with Crippen molar-refractivity contribution in [1.29, 1.82) is 0 Å². The fraction of sp³-hybridized carbons (Fsp3) is 0.758. The molecule has 23 nitrogen and oxygen atoms in total. The molecule has 486 valence electrons. The number of nitrogens with zero attached hydrogens (tertiary/aromatic N) is 6. The Morgan fingerprint density at radius 3 is 1.38 bits per heavy atom. The van der Waals surface area contributed by atoms with E-state index in [-0.39, 0.29) is 72.8 Å². The highest BCUT2D eigenvalue weighted by Gasteiger charge is 2.43. The van der Waals surface area contributed by atoms with E-state index in [1.165, 1.54) is 75.7 Å². The Morgan fingerprint density at radius 1 is 0.482 bits per heavy atom. The van der Waals surface area contributed by atoms with Crippen LogP contribution in [0.15, 0.2) is 23.9 Å². The van der Waals surface area contributed by atoms with Crippen molar-refractivity contribution in [2.75, 3.05) is 55.9 Å². The van der Waals surface area contributed by atoms with Crippen LogP contribution >= 0.6 is 0 Å². The summed E-state index contributed by atoms with van der Waals surface area (Å²) in [6, 6.07) is -9.46. The molecule has 6 N–H and O–H groups in total. The van der Waals surface area contributed by atoms with E-state index in [0.29, 0.717) is 12.8 Å². The molecule has 0 aliphatic rings. The van der Waals surface area contributed by atoms with Crippen LogP contribution in [0.25, 0.3) is 0 Å². The molecule has 85 heavy (non-hydrogen) atoms. The van der Waals surface area contributed by atoms with Gasteiger partial charge in [0.05, 0.1) is 6.04 Å². The van der Waals surface area contributed by atoms with Crippen LogP contribution in [-0.2, 0) is 52.7 Å². The Kier molecular flexibility index (Phi) is 34.4. The number of hydrogen-bond acceptors (Lipinski definition) is 12. The van der Waals surface area contributed by atoms with E-state index in [2.05, 4.69) is 26.6 Å². The van der Waals surface area contributed by atoms with Gasteiger partial charge in [-0.3, -0.25) is 52.7 Å². The number of carboxylic acid groups (broad SMARTS) is 1. The molecule has 0 bridgehead atoms. The van der Waals surface area contributed by atoms with Gasteiger partial charge in [0.25, 0.3) is 5.91 Å². The van der Waals surface area contributed by atoms with Crippen molar-refractivity contribution >= 4 is 65.0 Å². The summed E-state index contributed by atoms with van der Waals surface area (Å²) in [5.41, 5.74) is -0.0908. The molecule has 10 amide bonds. The van der Waals surface area contributed by atoms with Crippen molar-refractivity contribution in [3.63, 3.8) is 0 Å². The molecule has 0 radical (unpaired) electrons. The van der Waals surface area contributed by atoms with E-state index in [0.717, 1.165) is 9.80 Å². The number of carbonyl (C=O) groups excluding carboxylic acids is 10. The van der Waals surface area contributed by atoms with Crippen molar-refractivity contribution in [2.24, 2.45) is 41.4 Å². The van der Waals surface area contributed by atoms with Crippen LogP contribution in [0, 0.1) is 41.4 Å². The van der Waals surface area contributed by atoms with Gasteiger partial charge in [-0.15, -0.1) is 0 Å². The van der Waals surface area contributed by atoms with Crippen LogP contribution in [0.1, 0.15) is 156 Å². The molecule has 23 heteroatoms. The Balaban J connectivity index is 6.92. The van der Waals surface area contributed by atoms with Crippen LogP contribution in [0.4, 0.5) is 0 Å². The van der Waals surface area contributed by atoms with Gasteiger partial charge in [-0.2, -0.15) is 0 Å². The normalized spacial score (nSPS) is 15.5. The van der Waals surface area contributed by atoms with Gasteiger partial charge >= 0.3 is 5.97 Å². The first-order chi connectivity index (χ1) is 39.2. The molecule has 0 saturated heterocycles. The lowest BCUT2D eigenvalue weighted by molar-refractivity contribution is -0.154. The Morgan fingerprint density at radius 2 is 0.941 bits per heavy atom. The van der Waals surface area contributed by atoms with Crippen molar-refractivity contribution < 1.29 is 57.8 Å². The number of carboxylic acids is 1. The zero-order chi connectivity index (χ0) is 66.2. The van der Waals surface area contributed by atoms with E-state index in [1.807, 2.05) is 81.4 Å². The van der Waals surface area contributed by atoms with Crippen LogP contribution in [-0.4, -0.2) is 210 Å². The largest absolute Gasteiger partial charge is 0.480 e. The zero-order valence-electron chi connectivity index (χ0n) is 56.0. The van der Waals surface area contributed by atoms with Crippen molar-refractivity contribution in [3.8, 4) is 0 Å². The summed E-state index contributed by atoms with van der Waals surface area (Å²) < 4.78 is 0. The summed E-state index contributed by atoms with van der Waals surface area (Å²) in [7, 11) is 10.3. The van der Waals surface area contributed by atoms with Crippen LogP contribution < -0.4 is 26.6 Å². The fourth-order valence-corrected chi connectivity index (χ4v) is 9.95. The molecule has 0 fully saturated rings. The first-order valence-electron chi connectivity index (χ1n) is 30.3. The predicted molar refractivity (Wildman–Crippen MR) is 331 cm³/mol. The smallest absolute Gasteiger partial charge is 0.323 e. The molecule has 0 rings (SSSR count).